The number of hydrogen-bond acceptors (Lipinski definition) is 7. The normalized spacial score (nSPS) is 16.8. The van der Waals surface area contributed by atoms with Crippen molar-refractivity contribution in [3.8, 4) is 11.4 Å². The fourth-order valence-corrected chi connectivity index (χ4v) is 5.75. The molecule has 11 heteroatoms. The molecule has 0 radical (unpaired) electrons. The number of nitrogens with one attached hydrogen (secondary N) is 1. The smallest absolute Gasteiger partial charge is 0.256 e. The second-order valence-corrected chi connectivity index (χ2v) is 10.3. The Bertz CT molecular complexity index is 1670. The molecule has 0 saturated carbocycles. The number of rotatable bonds is 4. The third kappa shape index (κ3) is 4.39. The summed E-state index contributed by atoms with van der Waals surface area (Å²) in [5.41, 5.74) is 3.29. The maximum Gasteiger partial charge on any atom is 0.256 e. The number of aromatic nitrogens is 6. The van der Waals surface area contributed by atoms with Gasteiger partial charge < -0.3 is 19.5 Å². The summed E-state index contributed by atoms with van der Waals surface area (Å²) in [6.07, 6.45) is 6.94. The highest BCUT2D eigenvalue weighted by atomic mass is 35.5. The zero-order valence-electron chi connectivity index (χ0n) is 21.3. The zero-order chi connectivity index (χ0) is 26.3. The van der Waals surface area contributed by atoms with E-state index in [1.54, 1.807) is 18.3 Å². The SMILES string of the molecule is O=C(c1cccnc1Cl)N1CCC(n2ncc3c(N4CCOCC4)nc(-c4ccc5[nH]ccc5c4)nc32)CC1. The number of benzene rings is 1. The van der Waals surface area contributed by atoms with Crippen molar-refractivity contribution in [3.05, 3.63) is 65.7 Å². The number of aromatic amines is 1. The van der Waals surface area contributed by atoms with Crippen LogP contribution in [-0.4, -0.2) is 79.9 Å². The van der Waals surface area contributed by atoms with E-state index in [0.29, 0.717) is 37.7 Å². The van der Waals surface area contributed by atoms with Crippen molar-refractivity contribution < 1.29 is 9.53 Å². The van der Waals surface area contributed by atoms with Gasteiger partial charge in [-0.3, -0.25) is 4.79 Å². The molecule has 2 aliphatic rings. The number of likely N-dealkylation sites (tertiary alicyclic amines) is 1. The molecule has 39 heavy (non-hydrogen) atoms. The molecule has 0 spiro atoms. The molecular formula is C28H27ClN8O2. The summed E-state index contributed by atoms with van der Waals surface area (Å²) in [5, 5.41) is 7.09. The Hall–Kier alpha value is -4.02. The number of amides is 1. The van der Waals surface area contributed by atoms with E-state index in [2.05, 4.69) is 39.1 Å². The zero-order valence-corrected chi connectivity index (χ0v) is 22.0. The number of piperidine rings is 1. The topological polar surface area (TPSA) is 105 Å². The summed E-state index contributed by atoms with van der Waals surface area (Å²) in [5.74, 6) is 1.47. The van der Waals surface area contributed by atoms with Gasteiger partial charge in [-0.15, -0.1) is 0 Å². The Morgan fingerprint density at radius 1 is 1.05 bits per heavy atom. The van der Waals surface area contributed by atoms with Crippen LogP contribution in [0.15, 0.2) is 55.0 Å². The van der Waals surface area contributed by atoms with Gasteiger partial charge in [0.15, 0.2) is 11.5 Å². The van der Waals surface area contributed by atoms with Crippen LogP contribution in [0.4, 0.5) is 5.82 Å². The summed E-state index contributed by atoms with van der Waals surface area (Å²) in [4.78, 5) is 34.6. The standard InChI is InChI=1S/C28H27ClN8O2/c29-24-21(2-1-8-31-24)28(38)36-10-6-20(7-11-36)37-27-22(17-32-37)26(35-12-14-39-15-13-35)33-25(34-27)19-3-4-23-18(16-19)5-9-30-23/h1-5,8-9,16-17,20,30H,6-7,10-15H2. The van der Waals surface area contributed by atoms with Crippen LogP contribution in [0, 0.1) is 0 Å². The van der Waals surface area contributed by atoms with E-state index < -0.39 is 0 Å². The number of nitrogens with zero attached hydrogens (tertiary/aromatic N) is 7. The molecular weight excluding hydrogens is 516 g/mol. The second-order valence-electron chi connectivity index (χ2n) is 9.94. The predicted molar refractivity (Wildman–Crippen MR) is 149 cm³/mol. The third-order valence-corrected chi connectivity index (χ3v) is 7.94. The minimum Gasteiger partial charge on any atom is -0.378 e. The predicted octanol–water partition coefficient (Wildman–Crippen LogP) is 4.34. The first-order valence-corrected chi connectivity index (χ1v) is 13.6. The van der Waals surface area contributed by atoms with Crippen molar-refractivity contribution in [1.29, 1.82) is 0 Å². The maximum atomic E-state index is 13.1. The first-order chi connectivity index (χ1) is 19.2. The molecule has 198 valence electrons. The average molecular weight is 543 g/mol. The molecule has 1 amide bonds. The summed E-state index contributed by atoms with van der Waals surface area (Å²) in [6, 6.07) is 11.9. The highest BCUT2D eigenvalue weighted by molar-refractivity contribution is 6.32. The van der Waals surface area contributed by atoms with Crippen LogP contribution in [0.5, 0.6) is 0 Å². The highest BCUT2D eigenvalue weighted by Gasteiger charge is 2.29. The van der Waals surface area contributed by atoms with E-state index in [9.17, 15) is 4.79 Å². The largest absolute Gasteiger partial charge is 0.378 e. The Kier molecular flexibility index (Phi) is 6.13. The van der Waals surface area contributed by atoms with Crippen LogP contribution in [-0.2, 0) is 4.74 Å². The molecule has 6 heterocycles. The van der Waals surface area contributed by atoms with Gasteiger partial charge in [0.05, 0.1) is 36.4 Å². The maximum absolute atomic E-state index is 13.1. The van der Waals surface area contributed by atoms with Crippen LogP contribution in [0.2, 0.25) is 5.15 Å². The molecule has 2 fully saturated rings. The fourth-order valence-electron chi connectivity index (χ4n) is 5.55. The van der Waals surface area contributed by atoms with Crippen LogP contribution >= 0.6 is 11.6 Å². The number of ether oxygens (including phenoxy) is 1. The Morgan fingerprint density at radius 3 is 2.72 bits per heavy atom. The van der Waals surface area contributed by atoms with Crippen molar-refractivity contribution in [2.24, 2.45) is 0 Å². The van der Waals surface area contributed by atoms with Crippen molar-refractivity contribution >= 4 is 45.3 Å². The second kappa shape index (κ2) is 9.94. The number of hydrogen-bond donors (Lipinski definition) is 1. The van der Waals surface area contributed by atoms with E-state index in [1.165, 1.54) is 0 Å². The summed E-state index contributed by atoms with van der Waals surface area (Å²) in [7, 11) is 0. The van der Waals surface area contributed by atoms with Gasteiger partial charge in [0.2, 0.25) is 0 Å². The molecule has 0 unspecified atom stereocenters. The lowest BCUT2D eigenvalue weighted by Gasteiger charge is -2.32. The number of H-pyrrole nitrogens is 1. The number of pyridine rings is 1. The lowest BCUT2D eigenvalue weighted by molar-refractivity contribution is 0.0691. The molecule has 7 rings (SSSR count). The number of fused-ring (bicyclic) bond motifs is 2. The van der Waals surface area contributed by atoms with E-state index in [0.717, 1.165) is 59.2 Å². The number of morpholine rings is 1. The van der Waals surface area contributed by atoms with Gasteiger partial charge in [-0.25, -0.2) is 19.6 Å². The summed E-state index contributed by atoms with van der Waals surface area (Å²) >= 11 is 6.18. The van der Waals surface area contributed by atoms with Gasteiger partial charge in [-0.1, -0.05) is 11.6 Å². The number of carbonyl (C=O) groups is 1. The molecule has 0 atom stereocenters. The molecule has 4 aromatic heterocycles. The molecule has 5 aromatic rings. The van der Waals surface area contributed by atoms with Gasteiger partial charge in [-0.2, -0.15) is 5.10 Å². The number of anilines is 1. The minimum atomic E-state index is -0.0868. The van der Waals surface area contributed by atoms with Crippen molar-refractivity contribution in [3.63, 3.8) is 0 Å². The molecule has 1 aromatic carbocycles. The van der Waals surface area contributed by atoms with Gasteiger partial charge in [-0.05, 0) is 49.2 Å². The molecule has 0 bridgehead atoms. The van der Waals surface area contributed by atoms with E-state index in [-0.39, 0.29) is 17.1 Å². The quantitative estimate of drug-likeness (QED) is 0.337. The van der Waals surface area contributed by atoms with E-state index in [4.69, 9.17) is 31.4 Å². The Labute approximate surface area is 229 Å². The Balaban J connectivity index is 1.23. The first kappa shape index (κ1) is 24.1. The Morgan fingerprint density at radius 2 is 1.90 bits per heavy atom. The van der Waals surface area contributed by atoms with Crippen LogP contribution in [0.25, 0.3) is 33.3 Å². The molecule has 0 aliphatic carbocycles. The fraction of sp³-hybridized carbons (Fsp3) is 0.321. The summed E-state index contributed by atoms with van der Waals surface area (Å²) in [6.45, 7) is 4.08. The van der Waals surface area contributed by atoms with Gasteiger partial charge >= 0.3 is 0 Å². The lowest BCUT2D eigenvalue weighted by atomic mass is 10.0. The van der Waals surface area contributed by atoms with Crippen LogP contribution in [0.1, 0.15) is 29.2 Å². The third-order valence-electron chi connectivity index (χ3n) is 7.64. The van der Waals surface area contributed by atoms with Crippen molar-refractivity contribution in [2.45, 2.75) is 18.9 Å². The van der Waals surface area contributed by atoms with E-state index in [1.807, 2.05) is 22.0 Å². The number of halogens is 1. The molecule has 1 N–H and O–H groups in total. The minimum absolute atomic E-state index is 0.0868. The van der Waals surface area contributed by atoms with Gasteiger partial charge in [0, 0.05) is 55.0 Å². The average Bonchev–Trinajstić information content (AvgIpc) is 3.64. The van der Waals surface area contributed by atoms with E-state index >= 15 is 0 Å². The van der Waals surface area contributed by atoms with Crippen LogP contribution in [0.3, 0.4) is 0 Å². The van der Waals surface area contributed by atoms with Crippen molar-refractivity contribution in [2.75, 3.05) is 44.3 Å². The number of carbonyl (C=O) groups excluding carboxylic acids is 1. The molecule has 10 nitrogen and oxygen atoms in total. The molecule has 2 aliphatic heterocycles. The monoisotopic (exact) mass is 542 g/mol. The first-order valence-electron chi connectivity index (χ1n) is 13.2. The van der Waals surface area contributed by atoms with Gasteiger partial charge in [0.25, 0.3) is 5.91 Å². The molecule has 2 saturated heterocycles. The summed E-state index contributed by atoms with van der Waals surface area (Å²) < 4.78 is 7.63. The van der Waals surface area contributed by atoms with Crippen LogP contribution < -0.4 is 4.90 Å². The van der Waals surface area contributed by atoms with Gasteiger partial charge in [0.1, 0.15) is 11.0 Å². The lowest BCUT2D eigenvalue weighted by Crippen LogP contribution is -2.39. The van der Waals surface area contributed by atoms with Crippen molar-refractivity contribution in [1.82, 2.24) is 34.6 Å². The highest BCUT2D eigenvalue weighted by Crippen LogP contribution is 2.33.